The smallest absolute Gasteiger partial charge is 0.231 e. The van der Waals surface area contributed by atoms with Gasteiger partial charge in [0.05, 0.1) is 18.1 Å². The van der Waals surface area contributed by atoms with Crippen LogP contribution in [0.3, 0.4) is 0 Å². The number of pyridine rings is 1. The van der Waals surface area contributed by atoms with Gasteiger partial charge >= 0.3 is 0 Å². The van der Waals surface area contributed by atoms with Gasteiger partial charge < -0.3 is 31.7 Å². The van der Waals surface area contributed by atoms with Crippen molar-refractivity contribution in [1.82, 2.24) is 0 Å². The number of hydrogen-bond acceptors (Lipinski definition) is 4. The van der Waals surface area contributed by atoms with E-state index in [0.717, 1.165) is 48.1 Å². The van der Waals surface area contributed by atoms with Crippen molar-refractivity contribution in [2.75, 3.05) is 13.9 Å². The number of halogens is 1. The van der Waals surface area contributed by atoms with E-state index < -0.39 is 0 Å². The van der Waals surface area contributed by atoms with Gasteiger partial charge in [0.15, 0.2) is 35.7 Å². The molecule has 0 spiro atoms. The highest BCUT2D eigenvalue weighted by atomic mass is 35.5. The molecule has 1 aromatic heterocycles. The molecule has 0 radical (unpaired) electrons. The summed E-state index contributed by atoms with van der Waals surface area (Å²) in [5, 5.41) is 12.9. The van der Waals surface area contributed by atoms with Crippen LogP contribution in [-0.4, -0.2) is 19.0 Å². The maximum absolute atomic E-state index is 10.9. The summed E-state index contributed by atoms with van der Waals surface area (Å²) < 4.78 is 19.1. The Kier molecular flexibility index (Phi) is 7.72. The summed E-state index contributed by atoms with van der Waals surface area (Å²) in [6.45, 7) is 3.42. The number of hydrogen-bond donors (Lipinski definition) is 1. The van der Waals surface area contributed by atoms with E-state index in [4.69, 9.17) is 14.2 Å². The van der Waals surface area contributed by atoms with Gasteiger partial charge in [-0.05, 0) is 42.7 Å². The Morgan fingerprint density at radius 1 is 0.971 bits per heavy atom. The quantitative estimate of drug-likeness (QED) is 0.375. The molecule has 3 aromatic rings. The number of phenols is 1. The molecule has 6 heteroatoms. The topological polar surface area (TPSA) is 51.8 Å². The highest BCUT2D eigenvalue weighted by Crippen LogP contribution is 2.43. The first-order valence-electron chi connectivity index (χ1n) is 12.4. The summed E-state index contributed by atoms with van der Waals surface area (Å²) in [6, 6.07) is 8.28. The number of aromatic hydroxyl groups is 1. The van der Waals surface area contributed by atoms with E-state index in [0.29, 0.717) is 5.75 Å². The molecule has 2 aliphatic rings. The van der Waals surface area contributed by atoms with Crippen molar-refractivity contribution in [3.8, 4) is 34.3 Å². The van der Waals surface area contributed by atoms with E-state index in [1.807, 2.05) is 6.07 Å². The minimum absolute atomic E-state index is 0. The zero-order valence-corrected chi connectivity index (χ0v) is 20.9. The molecule has 0 bridgehead atoms. The van der Waals surface area contributed by atoms with Gasteiger partial charge in [0, 0.05) is 17.4 Å². The first kappa shape index (κ1) is 24.5. The fraction of sp³-hybridized carbons (Fsp3) is 0.464. The van der Waals surface area contributed by atoms with Gasteiger partial charge in [-0.2, -0.15) is 4.57 Å². The molecule has 2 aliphatic heterocycles. The van der Waals surface area contributed by atoms with Gasteiger partial charge in [-0.15, -0.1) is 0 Å². The second-order valence-corrected chi connectivity index (χ2v) is 9.21. The molecule has 0 saturated heterocycles. The number of fused-ring (bicyclic) bond motifs is 5. The van der Waals surface area contributed by atoms with Crippen LogP contribution in [0.1, 0.15) is 63.0 Å². The number of aromatic nitrogens is 1. The van der Waals surface area contributed by atoms with Crippen LogP contribution in [0, 0.1) is 0 Å². The first-order valence-corrected chi connectivity index (χ1v) is 12.4. The van der Waals surface area contributed by atoms with Crippen molar-refractivity contribution in [3.63, 3.8) is 0 Å². The maximum atomic E-state index is 10.9. The summed E-state index contributed by atoms with van der Waals surface area (Å²) in [5.74, 6) is 2.41. The molecule has 0 unspecified atom stereocenters. The van der Waals surface area contributed by atoms with Crippen LogP contribution in [0.4, 0.5) is 0 Å². The van der Waals surface area contributed by atoms with Crippen molar-refractivity contribution >= 4 is 10.8 Å². The normalized spacial score (nSPS) is 13.4. The predicted octanol–water partition coefficient (Wildman–Crippen LogP) is 3.09. The number of unbranched alkanes of at least 4 members (excludes halogenated alkanes) is 6. The molecule has 0 saturated carbocycles. The summed E-state index contributed by atoms with van der Waals surface area (Å²) in [7, 11) is 1.60. The van der Waals surface area contributed by atoms with E-state index in [9.17, 15) is 5.11 Å². The SMILES string of the molecule is CCCCCCCCCc1c2[n+](cc3c(O)c(OC)ccc13)CCc1cc3c(cc1-2)OCO3.[Cl-]. The third-order valence-corrected chi connectivity index (χ3v) is 7.09. The van der Waals surface area contributed by atoms with Gasteiger partial charge in [-0.3, -0.25) is 0 Å². The van der Waals surface area contributed by atoms with E-state index in [-0.39, 0.29) is 24.9 Å². The summed E-state index contributed by atoms with van der Waals surface area (Å²) in [4.78, 5) is 0. The maximum Gasteiger partial charge on any atom is 0.231 e. The lowest BCUT2D eigenvalue weighted by atomic mass is 9.89. The van der Waals surface area contributed by atoms with Crippen molar-refractivity contribution in [2.45, 2.75) is 71.3 Å². The lowest BCUT2D eigenvalue weighted by molar-refractivity contribution is -0.686. The lowest BCUT2D eigenvalue weighted by Gasteiger charge is -2.20. The van der Waals surface area contributed by atoms with Gasteiger partial charge in [0.25, 0.3) is 0 Å². The minimum atomic E-state index is 0. The van der Waals surface area contributed by atoms with Crippen LogP contribution in [-0.2, 0) is 19.4 Å². The summed E-state index contributed by atoms with van der Waals surface area (Å²) >= 11 is 0. The molecule has 0 amide bonds. The highest BCUT2D eigenvalue weighted by molar-refractivity contribution is 5.94. The highest BCUT2D eigenvalue weighted by Gasteiger charge is 2.31. The number of nitrogens with zero attached hydrogens (tertiary/aromatic N) is 1. The van der Waals surface area contributed by atoms with Crippen LogP contribution < -0.4 is 31.2 Å². The Balaban J connectivity index is 0.00000274. The fourth-order valence-corrected chi connectivity index (χ4v) is 5.33. The fourth-order valence-electron chi connectivity index (χ4n) is 5.33. The largest absolute Gasteiger partial charge is 1.00 e. The average Bonchev–Trinajstić information content (AvgIpc) is 3.29. The molecule has 34 heavy (non-hydrogen) atoms. The molecule has 1 N–H and O–H groups in total. The van der Waals surface area contributed by atoms with E-state index in [2.05, 4.69) is 35.9 Å². The number of methoxy groups -OCH3 is 1. The standard InChI is InChI=1S/C28H33NO4.ClH/c1-3-4-5-6-7-8-9-10-21-20-11-12-24(31-2)28(30)23(20)17-29-14-13-19-15-25-26(33-18-32-25)16-22(19)27(21)29;/h11-12,15-17H,3-10,13-14,18H2,1-2H3;1H. The molecular formula is C28H34ClNO4. The number of ether oxygens (including phenoxy) is 3. The molecule has 5 nitrogen and oxygen atoms in total. The second-order valence-electron chi connectivity index (χ2n) is 9.21. The molecule has 3 heterocycles. The average molecular weight is 484 g/mol. The molecule has 0 fully saturated rings. The predicted molar refractivity (Wildman–Crippen MR) is 129 cm³/mol. The van der Waals surface area contributed by atoms with Gasteiger partial charge in [0.1, 0.15) is 0 Å². The van der Waals surface area contributed by atoms with Gasteiger partial charge in [-0.1, -0.05) is 45.4 Å². The molecule has 5 rings (SSSR count). The Morgan fingerprint density at radius 3 is 2.47 bits per heavy atom. The Hall–Kier alpha value is -2.66. The molecule has 2 aromatic carbocycles. The summed E-state index contributed by atoms with van der Waals surface area (Å²) in [5.41, 5.74) is 5.08. The van der Waals surface area contributed by atoms with Crippen molar-refractivity contribution in [2.24, 2.45) is 0 Å². The van der Waals surface area contributed by atoms with E-state index in [1.165, 1.54) is 60.9 Å². The van der Waals surface area contributed by atoms with Gasteiger partial charge in [0.2, 0.25) is 12.5 Å². The third-order valence-electron chi connectivity index (χ3n) is 7.09. The molecule has 182 valence electrons. The third kappa shape index (κ3) is 4.50. The summed E-state index contributed by atoms with van der Waals surface area (Å²) in [6.07, 6.45) is 12.9. The lowest BCUT2D eigenvalue weighted by Crippen LogP contribution is -3.00. The van der Waals surface area contributed by atoms with E-state index >= 15 is 0 Å². The van der Waals surface area contributed by atoms with Crippen LogP contribution in [0.5, 0.6) is 23.0 Å². The van der Waals surface area contributed by atoms with Crippen LogP contribution in [0.25, 0.3) is 22.0 Å². The van der Waals surface area contributed by atoms with Crippen LogP contribution in [0.2, 0.25) is 0 Å². The minimum Gasteiger partial charge on any atom is -1.00 e. The number of aryl methyl sites for hydroxylation is 3. The number of benzene rings is 2. The first-order chi connectivity index (χ1) is 16.2. The van der Waals surface area contributed by atoms with Crippen molar-refractivity contribution < 1.29 is 36.3 Å². The molecule has 0 atom stereocenters. The van der Waals surface area contributed by atoms with E-state index in [1.54, 1.807) is 7.11 Å². The van der Waals surface area contributed by atoms with Crippen molar-refractivity contribution in [3.05, 3.63) is 41.6 Å². The van der Waals surface area contributed by atoms with Crippen molar-refractivity contribution in [1.29, 1.82) is 0 Å². The zero-order chi connectivity index (χ0) is 22.8. The van der Waals surface area contributed by atoms with Crippen LogP contribution >= 0.6 is 0 Å². The Morgan fingerprint density at radius 2 is 1.71 bits per heavy atom. The number of phenolic OH excluding ortho intramolecular Hbond substituents is 1. The Labute approximate surface area is 208 Å². The molecular weight excluding hydrogens is 450 g/mol. The second kappa shape index (κ2) is 10.7. The zero-order valence-electron chi connectivity index (χ0n) is 20.2. The van der Waals surface area contributed by atoms with Gasteiger partial charge in [-0.25, -0.2) is 0 Å². The monoisotopic (exact) mass is 483 g/mol. The van der Waals surface area contributed by atoms with Crippen LogP contribution in [0.15, 0.2) is 30.5 Å². The Bertz CT molecular complexity index is 1180. The number of rotatable bonds is 9. The molecule has 0 aliphatic carbocycles.